The highest BCUT2D eigenvalue weighted by Crippen LogP contribution is 1.89. The van der Waals surface area contributed by atoms with Crippen LogP contribution >= 0.6 is 16.1 Å². The van der Waals surface area contributed by atoms with Crippen molar-refractivity contribution in [3.8, 4) is 0 Å². The molecule has 0 aliphatic carbocycles. The highest BCUT2D eigenvalue weighted by Gasteiger charge is 1.92. The largest absolute Gasteiger partial charge is 0.315 e. The summed E-state index contributed by atoms with van der Waals surface area (Å²) in [7, 11) is 0. The van der Waals surface area contributed by atoms with Gasteiger partial charge in [0, 0.05) is 16.1 Å². The van der Waals surface area contributed by atoms with E-state index in [4.69, 9.17) is 5.73 Å². The molecule has 0 fully saturated rings. The molecule has 0 aliphatic rings. The number of rotatable bonds is 3. The van der Waals surface area contributed by atoms with Gasteiger partial charge in [-0.15, -0.1) is 0 Å². The van der Waals surface area contributed by atoms with Crippen LogP contribution in [0.2, 0.25) is 0 Å². The van der Waals surface area contributed by atoms with Crippen LogP contribution in [0.3, 0.4) is 0 Å². The maximum atomic E-state index is 5.43. The van der Waals surface area contributed by atoms with E-state index in [0.717, 1.165) is 12.8 Å². The molecule has 0 aromatic rings. The van der Waals surface area contributed by atoms with Crippen LogP contribution in [0, 0.1) is 0 Å². The van der Waals surface area contributed by atoms with E-state index in [0.29, 0.717) is 0 Å². The van der Waals surface area contributed by atoms with Crippen LogP contribution in [-0.4, -0.2) is 6.17 Å². The van der Waals surface area contributed by atoms with E-state index >= 15 is 0 Å². The average molecular weight is 167 g/mol. The predicted molar refractivity (Wildman–Crippen MR) is 34.9 cm³/mol. The van der Waals surface area contributed by atoms with Gasteiger partial charge in [0.25, 0.3) is 0 Å². The Kier molecular flexibility index (Phi) is 4.82. The van der Waals surface area contributed by atoms with Crippen LogP contribution in [0.1, 0.15) is 19.8 Å². The van der Waals surface area contributed by atoms with E-state index in [2.05, 4.69) is 27.4 Å². The van der Waals surface area contributed by atoms with Crippen molar-refractivity contribution < 1.29 is 0 Å². The first kappa shape index (κ1) is 7.40. The van der Waals surface area contributed by atoms with Crippen LogP contribution in [0.15, 0.2) is 0 Å². The monoisotopic (exact) mass is 166 g/mol. The van der Waals surface area contributed by atoms with E-state index in [1.165, 1.54) is 0 Å². The molecule has 0 spiro atoms. The number of halogens is 1. The van der Waals surface area contributed by atoms with Gasteiger partial charge in [-0.2, -0.15) is 0 Å². The zero-order valence-corrected chi connectivity index (χ0v) is 6.03. The summed E-state index contributed by atoms with van der Waals surface area (Å²) in [6, 6.07) is 0. The first-order valence-electron chi connectivity index (χ1n) is 2.43. The minimum Gasteiger partial charge on any atom is -0.315 e. The molecular weight excluding hydrogens is 156 g/mol. The van der Waals surface area contributed by atoms with Gasteiger partial charge in [0.1, 0.15) is 0 Å². The fraction of sp³-hybridized carbons (Fsp3) is 1.00. The molecule has 0 rings (SSSR count). The van der Waals surface area contributed by atoms with Crippen molar-refractivity contribution in [2.24, 2.45) is 5.73 Å². The van der Waals surface area contributed by atoms with E-state index in [1.54, 1.807) is 0 Å². The lowest BCUT2D eigenvalue weighted by Gasteiger charge is -2.03. The normalized spacial score (nSPS) is 14.1. The van der Waals surface area contributed by atoms with E-state index < -0.39 is 0 Å². The van der Waals surface area contributed by atoms with E-state index in [-0.39, 0.29) is 6.17 Å². The lowest BCUT2D eigenvalue weighted by atomic mass is 10.3. The Morgan fingerprint density at radius 2 is 2.43 bits per heavy atom. The molecule has 0 saturated carbocycles. The Morgan fingerprint density at radius 1 is 1.86 bits per heavy atom. The molecule has 3 N–H and O–H groups in total. The molecule has 7 heavy (non-hydrogen) atoms. The van der Waals surface area contributed by atoms with E-state index in [1.807, 2.05) is 0 Å². The SMILES string of the molecule is CCCC(N)NBr. The molecule has 0 saturated heterocycles. The zero-order valence-electron chi connectivity index (χ0n) is 4.45. The van der Waals surface area contributed by atoms with Gasteiger partial charge in [-0.25, -0.2) is 4.34 Å². The Hall–Kier alpha value is 0.400. The fourth-order valence-corrected chi connectivity index (χ4v) is 0.594. The summed E-state index contributed by atoms with van der Waals surface area (Å²) in [5.41, 5.74) is 5.43. The molecule has 3 heteroatoms. The summed E-state index contributed by atoms with van der Waals surface area (Å²) in [6.07, 6.45) is 2.26. The summed E-state index contributed by atoms with van der Waals surface area (Å²) in [6.45, 7) is 2.10. The smallest absolute Gasteiger partial charge is 0.0645 e. The van der Waals surface area contributed by atoms with Gasteiger partial charge in [0.15, 0.2) is 0 Å². The van der Waals surface area contributed by atoms with Crippen molar-refractivity contribution in [1.82, 2.24) is 4.34 Å². The Balaban J connectivity index is 2.83. The lowest BCUT2D eigenvalue weighted by molar-refractivity contribution is 0.598. The summed E-state index contributed by atoms with van der Waals surface area (Å²) < 4.78 is 2.76. The highest BCUT2D eigenvalue weighted by atomic mass is 79.9. The van der Waals surface area contributed by atoms with Gasteiger partial charge < -0.3 is 5.73 Å². The van der Waals surface area contributed by atoms with Crippen LogP contribution in [0.5, 0.6) is 0 Å². The second-order valence-electron chi connectivity index (χ2n) is 1.50. The lowest BCUT2D eigenvalue weighted by Crippen LogP contribution is -2.29. The molecule has 0 heterocycles. The third-order valence-electron chi connectivity index (χ3n) is 0.740. The minimum absolute atomic E-state index is 0.116. The molecular formula is C4H11BrN2. The van der Waals surface area contributed by atoms with Gasteiger partial charge in [0.05, 0.1) is 6.17 Å². The quantitative estimate of drug-likeness (QED) is 0.485. The molecule has 0 bridgehead atoms. The van der Waals surface area contributed by atoms with Crippen molar-refractivity contribution in [1.29, 1.82) is 0 Å². The third kappa shape index (κ3) is 4.25. The predicted octanol–water partition coefficient (Wildman–Crippen LogP) is 0.971. The molecule has 0 aliphatic heterocycles. The molecule has 0 aromatic carbocycles. The number of hydrogen-bond acceptors (Lipinski definition) is 2. The summed E-state index contributed by atoms with van der Waals surface area (Å²) in [5, 5.41) is 0. The van der Waals surface area contributed by atoms with Crippen molar-refractivity contribution >= 4 is 16.1 Å². The molecule has 0 amide bonds. The van der Waals surface area contributed by atoms with Crippen molar-refractivity contribution in [3.63, 3.8) is 0 Å². The molecule has 0 radical (unpaired) electrons. The second-order valence-corrected chi connectivity index (χ2v) is 1.96. The Labute approximate surface area is 52.8 Å². The van der Waals surface area contributed by atoms with Gasteiger partial charge in [-0.05, 0) is 6.42 Å². The first-order valence-corrected chi connectivity index (χ1v) is 3.22. The van der Waals surface area contributed by atoms with Gasteiger partial charge in [0.2, 0.25) is 0 Å². The van der Waals surface area contributed by atoms with Gasteiger partial charge in [-0.3, -0.25) is 0 Å². The van der Waals surface area contributed by atoms with Crippen LogP contribution in [0.4, 0.5) is 0 Å². The second kappa shape index (κ2) is 4.56. The van der Waals surface area contributed by atoms with Crippen molar-refractivity contribution in [2.75, 3.05) is 0 Å². The summed E-state index contributed by atoms with van der Waals surface area (Å²) in [5.74, 6) is 0. The molecule has 1 unspecified atom stereocenters. The number of hydrogen-bond donors (Lipinski definition) is 2. The fourth-order valence-electron chi connectivity index (χ4n) is 0.366. The molecule has 2 nitrogen and oxygen atoms in total. The number of nitrogens with two attached hydrogens (primary N) is 1. The summed E-state index contributed by atoms with van der Waals surface area (Å²) in [4.78, 5) is 0. The summed E-state index contributed by atoms with van der Waals surface area (Å²) >= 11 is 3.04. The van der Waals surface area contributed by atoms with Crippen molar-refractivity contribution in [3.05, 3.63) is 0 Å². The minimum atomic E-state index is 0.116. The first-order chi connectivity index (χ1) is 3.31. The van der Waals surface area contributed by atoms with Crippen molar-refractivity contribution in [2.45, 2.75) is 25.9 Å². The standard InChI is InChI=1S/C4H11BrN2/c1-2-3-4(6)7-5/h4,7H,2-3,6H2,1H3. The van der Waals surface area contributed by atoms with Gasteiger partial charge in [-0.1, -0.05) is 13.3 Å². The zero-order chi connectivity index (χ0) is 5.70. The van der Waals surface area contributed by atoms with Crippen LogP contribution in [-0.2, 0) is 0 Å². The number of nitrogens with one attached hydrogen (secondary N) is 1. The highest BCUT2D eigenvalue weighted by molar-refractivity contribution is 9.08. The third-order valence-corrected chi connectivity index (χ3v) is 1.33. The molecule has 44 valence electrons. The maximum absolute atomic E-state index is 5.43. The van der Waals surface area contributed by atoms with Crippen LogP contribution < -0.4 is 10.1 Å². The Morgan fingerprint density at radius 3 is 2.57 bits per heavy atom. The van der Waals surface area contributed by atoms with Gasteiger partial charge >= 0.3 is 0 Å². The molecule has 1 atom stereocenters. The Bertz CT molecular complexity index is 40.7. The van der Waals surface area contributed by atoms with E-state index in [9.17, 15) is 0 Å². The molecule has 0 aromatic heterocycles. The maximum Gasteiger partial charge on any atom is 0.0645 e. The van der Waals surface area contributed by atoms with Crippen LogP contribution in [0.25, 0.3) is 0 Å². The average Bonchev–Trinajstić information content (AvgIpc) is 1.68. The topological polar surface area (TPSA) is 38.0 Å².